The third kappa shape index (κ3) is 2.53. The molecule has 2 heterocycles. The van der Waals surface area contributed by atoms with Crippen molar-refractivity contribution in [3.63, 3.8) is 0 Å². The molecular formula is C14H18ClFN2. The lowest BCUT2D eigenvalue weighted by Crippen LogP contribution is -2.35. The summed E-state index contributed by atoms with van der Waals surface area (Å²) in [7, 11) is 0. The van der Waals surface area contributed by atoms with E-state index in [1.54, 1.807) is 6.07 Å². The van der Waals surface area contributed by atoms with Gasteiger partial charge in [0.1, 0.15) is 5.82 Å². The number of hydrogen-bond donors (Lipinski definition) is 1. The van der Waals surface area contributed by atoms with Gasteiger partial charge in [-0.2, -0.15) is 0 Å². The van der Waals surface area contributed by atoms with E-state index in [-0.39, 0.29) is 10.8 Å². The van der Waals surface area contributed by atoms with Gasteiger partial charge in [0.15, 0.2) is 0 Å². The van der Waals surface area contributed by atoms with Crippen molar-refractivity contribution < 1.29 is 4.39 Å². The number of fused-ring (bicyclic) bond motifs is 2. The van der Waals surface area contributed by atoms with Crippen molar-refractivity contribution in [2.45, 2.75) is 37.9 Å². The fourth-order valence-corrected chi connectivity index (χ4v) is 3.26. The summed E-state index contributed by atoms with van der Waals surface area (Å²) < 4.78 is 13.9. The maximum Gasteiger partial charge on any atom is 0.146 e. The second-order valence-electron chi connectivity index (χ2n) is 5.37. The predicted molar refractivity (Wildman–Crippen MR) is 71.2 cm³/mol. The molecule has 2 nitrogen and oxygen atoms in total. The highest BCUT2D eigenvalue weighted by Crippen LogP contribution is 2.23. The molecule has 2 bridgehead atoms. The van der Waals surface area contributed by atoms with Gasteiger partial charge >= 0.3 is 0 Å². The number of likely N-dealkylation sites (tertiary alicyclic amines) is 1. The molecule has 2 aliphatic rings. The third-order valence-electron chi connectivity index (χ3n) is 4.03. The van der Waals surface area contributed by atoms with Crippen LogP contribution in [0.5, 0.6) is 0 Å². The average molecular weight is 269 g/mol. The first-order valence-electron chi connectivity index (χ1n) is 6.63. The topological polar surface area (TPSA) is 15.3 Å². The molecule has 1 aromatic rings. The van der Waals surface area contributed by atoms with Crippen molar-refractivity contribution in [3.8, 4) is 0 Å². The van der Waals surface area contributed by atoms with Gasteiger partial charge in [-0.05, 0) is 25.3 Å². The zero-order chi connectivity index (χ0) is 12.5. The van der Waals surface area contributed by atoms with E-state index in [9.17, 15) is 4.39 Å². The van der Waals surface area contributed by atoms with E-state index in [4.69, 9.17) is 11.6 Å². The van der Waals surface area contributed by atoms with Crippen molar-refractivity contribution in [3.05, 3.63) is 34.6 Å². The lowest BCUT2D eigenvalue weighted by Gasteiger charge is -2.24. The second kappa shape index (κ2) is 5.16. The molecule has 0 aromatic heterocycles. The van der Waals surface area contributed by atoms with Crippen LogP contribution in [0.2, 0.25) is 5.02 Å². The molecule has 0 saturated carbocycles. The molecule has 2 unspecified atom stereocenters. The number of nitrogens with one attached hydrogen (secondary N) is 1. The fraction of sp³-hybridized carbons (Fsp3) is 0.571. The van der Waals surface area contributed by atoms with Crippen LogP contribution in [0.1, 0.15) is 24.8 Å². The third-order valence-corrected chi connectivity index (χ3v) is 4.32. The van der Waals surface area contributed by atoms with Crippen LogP contribution in [-0.4, -0.2) is 30.1 Å². The largest absolute Gasteiger partial charge is 0.310 e. The predicted octanol–water partition coefficient (Wildman–Crippen LogP) is 2.81. The van der Waals surface area contributed by atoms with Crippen LogP contribution in [0.15, 0.2) is 18.2 Å². The molecule has 0 aliphatic carbocycles. The van der Waals surface area contributed by atoms with Crippen LogP contribution in [-0.2, 0) is 6.54 Å². The molecule has 3 rings (SSSR count). The van der Waals surface area contributed by atoms with Crippen molar-refractivity contribution in [2.24, 2.45) is 0 Å². The summed E-state index contributed by atoms with van der Waals surface area (Å²) >= 11 is 5.82. The first kappa shape index (κ1) is 12.4. The Labute approximate surface area is 112 Å². The minimum absolute atomic E-state index is 0.224. The lowest BCUT2D eigenvalue weighted by atomic mass is 10.1. The van der Waals surface area contributed by atoms with E-state index >= 15 is 0 Å². The Morgan fingerprint density at radius 1 is 1.28 bits per heavy atom. The van der Waals surface area contributed by atoms with Gasteiger partial charge in [0.05, 0.1) is 5.02 Å². The Morgan fingerprint density at radius 3 is 3.00 bits per heavy atom. The number of halogens is 2. The van der Waals surface area contributed by atoms with Gasteiger partial charge in [-0.1, -0.05) is 23.7 Å². The van der Waals surface area contributed by atoms with Gasteiger partial charge in [-0.3, -0.25) is 4.90 Å². The number of benzene rings is 1. The molecule has 0 amide bonds. The van der Waals surface area contributed by atoms with E-state index in [0.29, 0.717) is 24.2 Å². The summed E-state index contributed by atoms with van der Waals surface area (Å²) in [5.74, 6) is -0.262. The van der Waals surface area contributed by atoms with E-state index in [2.05, 4.69) is 10.2 Å². The highest BCUT2D eigenvalue weighted by atomic mass is 35.5. The average Bonchev–Trinajstić information content (AvgIpc) is 2.68. The minimum atomic E-state index is -0.262. The monoisotopic (exact) mass is 268 g/mol. The van der Waals surface area contributed by atoms with Crippen LogP contribution in [0, 0.1) is 5.82 Å². The van der Waals surface area contributed by atoms with Crippen molar-refractivity contribution >= 4 is 11.6 Å². The number of rotatable bonds is 2. The Morgan fingerprint density at radius 2 is 2.11 bits per heavy atom. The van der Waals surface area contributed by atoms with Crippen LogP contribution in [0.25, 0.3) is 0 Å². The zero-order valence-electron chi connectivity index (χ0n) is 10.3. The zero-order valence-corrected chi connectivity index (χ0v) is 11.1. The van der Waals surface area contributed by atoms with E-state index in [1.807, 2.05) is 12.1 Å². The summed E-state index contributed by atoms with van der Waals surface area (Å²) in [5, 5.41) is 3.86. The molecular weight excluding hydrogens is 251 g/mol. The van der Waals surface area contributed by atoms with Crippen LogP contribution >= 0.6 is 11.6 Å². The molecule has 4 heteroatoms. The Bertz CT molecular complexity index is 438. The molecule has 0 radical (unpaired) electrons. The number of nitrogens with zero attached hydrogens (tertiary/aromatic N) is 1. The first-order valence-corrected chi connectivity index (χ1v) is 7.01. The first-order chi connectivity index (χ1) is 8.72. The molecule has 18 heavy (non-hydrogen) atoms. The van der Waals surface area contributed by atoms with Crippen LogP contribution in [0.3, 0.4) is 0 Å². The van der Waals surface area contributed by atoms with Crippen molar-refractivity contribution in [2.75, 3.05) is 13.1 Å². The summed E-state index contributed by atoms with van der Waals surface area (Å²) in [6.07, 6.45) is 3.71. The maximum absolute atomic E-state index is 13.9. The molecule has 98 valence electrons. The van der Waals surface area contributed by atoms with Gasteiger partial charge in [-0.15, -0.1) is 0 Å². The van der Waals surface area contributed by atoms with E-state index < -0.39 is 0 Å². The molecule has 2 aliphatic heterocycles. The fourth-order valence-electron chi connectivity index (χ4n) is 3.07. The van der Waals surface area contributed by atoms with Gasteiger partial charge in [0.25, 0.3) is 0 Å². The van der Waals surface area contributed by atoms with Crippen LogP contribution < -0.4 is 5.32 Å². The van der Waals surface area contributed by atoms with Gasteiger partial charge in [0, 0.05) is 37.3 Å². The highest BCUT2D eigenvalue weighted by molar-refractivity contribution is 6.30. The van der Waals surface area contributed by atoms with Crippen molar-refractivity contribution in [1.29, 1.82) is 0 Å². The van der Waals surface area contributed by atoms with E-state index in [1.165, 1.54) is 19.3 Å². The Kier molecular flexibility index (Phi) is 3.55. The maximum atomic E-state index is 13.9. The highest BCUT2D eigenvalue weighted by Gasteiger charge is 2.29. The van der Waals surface area contributed by atoms with Gasteiger partial charge in [0.2, 0.25) is 0 Å². The molecule has 1 N–H and O–H groups in total. The standard InChI is InChI=1S/C14H18ClFN2/c15-13-3-1-2-10(14(13)16)8-18-7-6-11-4-5-12(9-18)17-11/h1-3,11-12,17H,4-9H2. The minimum Gasteiger partial charge on any atom is -0.310 e. The second-order valence-corrected chi connectivity index (χ2v) is 5.78. The van der Waals surface area contributed by atoms with Gasteiger partial charge in [-0.25, -0.2) is 4.39 Å². The van der Waals surface area contributed by atoms with Crippen LogP contribution in [0.4, 0.5) is 4.39 Å². The molecule has 2 atom stereocenters. The number of hydrogen-bond acceptors (Lipinski definition) is 2. The Balaban J connectivity index is 1.70. The normalized spacial score (nSPS) is 28.3. The summed E-state index contributed by atoms with van der Waals surface area (Å²) in [4.78, 5) is 2.34. The summed E-state index contributed by atoms with van der Waals surface area (Å²) in [5.41, 5.74) is 0.709. The molecule has 2 fully saturated rings. The summed E-state index contributed by atoms with van der Waals surface area (Å²) in [6, 6.07) is 6.51. The van der Waals surface area contributed by atoms with Crippen molar-refractivity contribution in [1.82, 2.24) is 10.2 Å². The SMILES string of the molecule is Fc1c(Cl)cccc1CN1CCC2CCC(C1)N2. The van der Waals surface area contributed by atoms with Gasteiger partial charge < -0.3 is 5.32 Å². The molecule has 2 saturated heterocycles. The molecule has 0 spiro atoms. The van der Waals surface area contributed by atoms with E-state index in [0.717, 1.165) is 13.1 Å². The smallest absolute Gasteiger partial charge is 0.146 e. The Hall–Kier alpha value is -0.640. The summed E-state index contributed by atoms with van der Waals surface area (Å²) in [6.45, 7) is 2.72. The quantitative estimate of drug-likeness (QED) is 0.887. The molecule has 1 aromatic carbocycles. The lowest BCUT2D eigenvalue weighted by molar-refractivity contribution is 0.248.